The highest BCUT2D eigenvalue weighted by molar-refractivity contribution is 8.77. The van der Waals surface area contributed by atoms with Crippen LogP contribution in [0, 0.1) is 0 Å². The summed E-state index contributed by atoms with van der Waals surface area (Å²) in [5.74, 6) is -3.92. The Labute approximate surface area is 274 Å². The molecule has 0 radical (unpaired) electrons. The van der Waals surface area contributed by atoms with Crippen molar-refractivity contribution in [3.63, 3.8) is 0 Å². The number of amides is 4. The Bertz CT molecular complexity index is 1410. The van der Waals surface area contributed by atoms with Gasteiger partial charge in [0, 0.05) is 16.2 Å². The molecule has 244 valence electrons. The van der Waals surface area contributed by atoms with Crippen LogP contribution in [0.1, 0.15) is 38.8 Å². The van der Waals surface area contributed by atoms with E-state index in [1.807, 2.05) is 0 Å². The van der Waals surface area contributed by atoms with Crippen molar-refractivity contribution < 1.29 is 34.2 Å². The number of phenols is 1. The summed E-state index contributed by atoms with van der Waals surface area (Å²) < 4.78 is -2.17. The highest BCUT2D eigenvalue weighted by atomic mass is 35.5. The molecule has 1 fully saturated rings. The van der Waals surface area contributed by atoms with E-state index in [1.54, 1.807) is 64.1 Å². The minimum absolute atomic E-state index is 0.0297. The number of carbonyl (C=O) groups excluding carboxylic acids is 4. The predicted molar refractivity (Wildman–Crippen MR) is 175 cm³/mol. The maximum atomic E-state index is 13.5. The number of hydrogen-bond donors (Lipinski definition) is 7. The summed E-state index contributed by atoms with van der Waals surface area (Å²) in [6.45, 7) is 6.15. The number of halogens is 1. The minimum Gasteiger partial charge on any atom is -0.508 e. The molecule has 4 amide bonds. The van der Waals surface area contributed by atoms with Crippen molar-refractivity contribution in [3.8, 4) is 5.75 Å². The van der Waals surface area contributed by atoms with Crippen LogP contribution in [-0.4, -0.2) is 80.0 Å². The van der Waals surface area contributed by atoms with Crippen LogP contribution >= 0.6 is 33.2 Å². The van der Waals surface area contributed by atoms with Crippen molar-refractivity contribution >= 4 is 62.8 Å². The first-order chi connectivity index (χ1) is 21.0. The van der Waals surface area contributed by atoms with Crippen molar-refractivity contribution in [3.05, 3.63) is 64.7 Å². The van der Waals surface area contributed by atoms with Crippen LogP contribution in [0.15, 0.2) is 48.5 Å². The fourth-order valence-corrected chi connectivity index (χ4v) is 7.39. The fraction of sp³-hybridized carbons (Fsp3) is 0.433. The van der Waals surface area contributed by atoms with Gasteiger partial charge in [0.05, 0.1) is 17.3 Å². The topological polar surface area (TPSA) is 200 Å². The van der Waals surface area contributed by atoms with Gasteiger partial charge in [-0.1, -0.05) is 57.5 Å². The summed E-state index contributed by atoms with van der Waals surface area (Å²) in [6.07, 6.45) is 0.162. The van der Waals surface area contributed by atoms with Gasteiger partial charge in [-0.25, -0.2) is 4.79 Å². The summed E-state index contributed by atoms with van der Waals surface area (Å²) in [5.41, 5.74) is 7.53. The van der Waals surface area contributed by atoms with Gasteiger partial charge in [-0.3, -0.25) is 19.2 Å². The Balaban J connectivity index is 1.89. The van der Waals surface area contributed by atoms with Crippen LogP contribution in [0.4, 0.5) is 0 Å². The number of aromatic hydroxyl groups is 1. The largest absolute Gasteiger partial charge is 0.508 e. The molecule has 0 spiro atoms. The van der Waals surface area contributed by atoms with Crippen molar-refractivity contribution in [1.82, 2.24) is 21.3 Å². The minimum atomic E-state index is -1.38. The second-order valence-corrected chi connectivity index (χ2v) is 15.6. The summed E-state index contributed by atoms with van der Waals surface area (Å²) in [5, 5.41) is 30.5. The number of carboxylic acids is 1. The van der Waals surface area contributed by atoms with Crippen LogP contribution in [0.2, 0.25) is 5.02 Å². The molecular formula is C30H38ClN5O7S2. The van der Waals surface area contributed by atoms with E-state index < -0.39 is 69.8 Å². The monoisotopic (exact) mass is 679 g/mol. The molecule has 0 saturated carbocycles. The van der Waals surface area contributed by atoms with Crippen molar-refractivity contribution in [2.75, 3.05) is 6.54 Å². The summed E-state index contributed by atoms with van der Waals surface area (Å²) in [4.78, 5) is 65.5. The molecule has 0 bridgehead atoms. The quantitative estimate of drug-likeness (QED) is 0.212. The first-order valence-corrected chi connectivity index (χ1v) is 16.6. The van der Waals surface area contributed by atoms with E-state index in [0.717, 1.165) is 21.6 Å². The number of carbonyl (C=O) groups is 5. The molecule has 4 atom stereocenters. The number of carboxylic acid groups (broad SMARTS) is 1. The lowest BCUT2D eigenvalue weighted by Gasteiger charge is -2.38. The van der Waals surface area contributed by atoms with Crippen LogP contribution < -0.4 is 27.0 Å². The Morgan fingerprint density at radius 2 is 1.53 bits per heavy atom. The fourth-order valence-electron chi connectivity index (χ4n) is 4.45. The van der Waals surface area contributed by atoms with Gasteiger partial charge in [-0.2, -0.15) is 0 Å². The summed E-state index contributed by atoms with van der Waals surface area (Å²) >= 11 is 5.98. The SMILES string of the molecule is CC1(C)SSC(C)(C)[C@H](C(=O)O)NC(=O)[C@@H](Cc2ccc(Cl)cc2)NC(=O)CNC(=O)[C@H]1NC(=O)[C@H](N)Cc1ccc(O)cc1. The molecule has 1 saturated heterocycles. The molecule has 15 heteroatoms. The maximum absolute atomic E-state index is 13.5. The molecule has 0 aliphatic carbocycles. The second kappa shape index (κ2) is 15.2. The Hall–Kier alpha value is -3.46. The summed E-state index contributed by atoms with van der Waals surface area (Å²) in [6, 6.07) is 8.05. The Morgan fingerprint density at radius 3 is 2.13 bits per heavy atom. The van der Waals surface area contributed by atoms with E-state index in [4.69, 9.17) is 17.3 Å². The number of nitrogens with two attached hydrogens (primary N) is 1. The van der Waals surface area contributed by atoms with E-state index in [0.29, 0.717) is 16.1 Å². The van der Waals surface area contributed by atoms with Crippen molar-refractivity contribution in [2.45, 2.75) is 74.2 Å². The van der Waals surface area contributed by atoms with Crippen molar-refractivity contribution in [1.29, 1.82) is 0 Å². The molecule has 0 unspecified atom stereocenters. The van der Waals surface area contributed by atoms with E-state index in [9.17, 15) is 34.2 Å². The standard InChI is InChI=1S/C30H38ClN5O7S2/c1-29(2)23(35-25(39)20(32)13-16-7-11-19(37)12-8-16)27(41)33-15-22(38)34-21(14-17-5-9-18(31)10-6-17)26(40)36-24(28(42)43)30(3,4)45-44-29/h5-12,20-21,23-24,37H,13-15,32H2,1-4H3,(H,33,41)(H,34,38)(H,35,39)(H,36,40)(H,42,43)/t20-,21-,23-,24+/m1/s1. The van der Waals surface area contributed by atoms with E-state index in [1.165, 1.54) is 12.1 Å². The van der Waals surface area contributed by atoms with Gasteiger partial charge in [0.15, 0.2) is 0 Å². The Morgan fingerprint density at radius 1 is 0.956 bits per heavy atom. The van der Waals surface area contributed by atoms with Gasteiger partial charge in [-0.05, 0) is 69.5 Å². The molecular weight excluding hydrogens is 642 g/mol. The van der Waals surface area contributed by atoms with E-state index in [2.05, 4.69) is 21.3 Å². The third kappa shape index (κ3) is 10.3. The van der Waals surface area contributed by atoms with Gasteiger partial charge >= 0.3 is 5.97 Å². The normalized spacial score (nSPS) is 23.0. The zero-order chi connectivity index (χ0) is 33.5. The van der Waals surface area contributed by atoms with Crippen LogP contribution in [0.5, 0.6) is 5.75 Å². The molecule has 1 heterocycles. The van der Waals surface area contributed by atoms with Gasteiger partial charge in [0.25, 0.3) is 0 Å². The molecule has 45 heavy (non-hydrogen) atoms. The molecule has 2 aromatic carbocycles. The van der Waals surface area contributed by atoms with Crippen LogP contribution in [0.25, 0.3) is 0 Å². The van der Waals surface area contributed by atoms with Crippen molar-refractivity contribution in [2.24, 2.45) is 5.73 Å². The first kappa shape index (κ1) is 36.0. The lowest BCUT2D eigenvalue weighted by molar-refractivity contribution is -0.143. The van der Waals surface area contributed by atoms with E-state index >= 15 is 0 Å². The zero-order valence-corrected chi connectivity index (χ0v) is 27.6. The number of phenolic OH excluding ortho intramolecular Hbond substituents is 1. The van der Waals surface area contributed by atoms with Crippen LogP contribution in [0.3, 0.4) is 0 Å². The van der Waals surface area contributed by atoms with Gasteiger partial charge in [-0.15, -0.1) is 0 Å². The molecule has 2 aromatic rings. The average molecular weight is 680 g/mol. The Kier molecular flexibility index (Phi) is 12.2. The third-order valence-electron chi connectivity index (χ3n) is 7.10. The number of rotatable bonds is 7. The van der Waals surface area contributed by atoms with E-state index in [-0.39, 0.29) is 18.6 Å². The maximum Gasteiger partial charge on any atom is 0.327 e. The third-order valence-corrected chi connectivity index (χ3v) is 11.6. The lowest BCUT2D eigenvalue weighted by Crippen LogP contribution is -2.61. The number of nitrogens with one attached hydrogen (secondary N) is 4. The average Bonchev–Trinajstić information content (AvgIpc) is 2.97. The molecule has 12 nitrogen and oxygen atoms in total. The smallest absolute Gasteiger partial charge is 0.327 e. The zero-order valence-electron chi connectivity index (χ0n) is 25.3. The highest BCUT2D eigenvalue weighted by Gasteiger charge is 2.44. The summed E-state index contributed by atoms with van der Waals surface area (Å²) in [7, 11) is 2.29. The molecule has 1 aliphatic heterocycles. The molecule has 1 aliphatic rings. The number of aliphatic carboxylic acids is 1. The number of hydrogen-bond acceptors (Lipinski definition) is 9. The number of benzene rings is 2. The molecule has 0 aromatic heterocycles. The molecule has 3 rings (SSSR count). The highest BCUT2D eigenvalue weighted by Crippen LogP contribution is 2.46. The predicted octanol–water partition coefficient (Wildman–Crippen LogP) is 1.77. The first-order valence-electron chi connectivity index (χ1n) is 14.0. The lowest BCUT2D eigenvalue weighted by atomic mass is 10.00. The molecule has 8 N–H and O–H groups in total. The van der Waals surface area contributed by atoms with Crippen LogP contribution in [-0.2, 0) is 36.8 Å². The second-order valence-electron chi connectivity index (χ2n) is 11.7. The van der Waals surface area contributed by atoms with Gasteiger partial charge in [0.2, 0.25) is 23.6 Å². The van der Waals surface area contributed by atoms with Gasteiger partial charge < -0.3 is 37.2 Å². The van der Waals surface area contributed by atoms with Gasteiger partial charge in [0.1, 0.15) is 23.9 Å².